The van der Waals surface area contributed by atoms with Gasteiger partial charge in [0, 0.05) is 6.54 Å². The molecule has 0 atom stereocenters. The molecule has 6 heteroatoms. The predicted molar refractivity (Wildman–Crippen MR) is 61.8 cm³/mol. The molecular formula is C13H11F4NO. The van der Waals surface area contributed by atoms with E-state index < -0.39 is 29.0 Å². The van der Waals surface area contributed by atoms with Gasteiger partial charge in [-0.1, -0.05) is 5.92 Å². The van der Waals surface area contributed by atoms with Gasteiger partial charge in [0.2, 0.25) is 0 Å². The van der Waals surface area contributed by atoms with Crippen LogP contribution in [-0.4, -0.2) is 23.9 Å². The fraction of sp³-hybridized carbons (Fsp3) is 0.308. The second kappa shape index (κ2) is 5.74. The van der Waals surface area contributed by atoms with Crippen LogP contribution < -0.4 is 0 Å². The van der Waals surface area contributed by atoms with Crippen LogP contribution in [0.4, 0.5) is 17.6 Å². The van der Waals surface area contributed by atoms with E-state index in [1.165, 1.54) is 0 Å². The summed E-state index contributed by atoms with van der Waals surface area (Å²) in [5.74, 6) is 0.331. The summed E-state index contributed by atoms with van der Waals surface area (Å²) in [7, 11) is 0. The van der Waals surface area contributed by atoms with Crippen molar-refractivity contribution in [2.75, 3.05) is 13.1 Å². The largest absolute Gasteiger partial charge is 0.416 e. The minimum atomic E-state index is -4.63. The van der Waals surface area contributed by atoms with E-state index in [-0.39, 0.29) is 13.1 Å². The Hall–Kier alpha value is -2.03. The number of hydrogen-bond acceptors (Lipinski definition) is 1. The van der Waals surface area contributed by atoms with Gasteiger partial charge in [0.1, 0.15) is 5.82 Å². The molecule has 0 aliphatic rings. The van der Waals surface area contributed by atoms with E-state index >= 15 is 0 Å². The highest BCUT2D eigenvalue weighted by Crippen LogP contribution is 2.30. The van der Waals surface area contributed by atoms with Crippen LogP contribution in [0, 0.1) is 18.2 Å². The summed E-state index contributed by atoms with van der Waals surface area (Å²) in [5, 5.41) is 0. The highest BCUT2D eigenvalue weighted by molar-refractivity contribution is 5.94. The number of halogens is 4. The van der Waals surface area contributed by atoms with Gasteiger partial charge in [0.25, 0.3) is 5.91 Å². The van der Waals surface area contributed by atoms with E-state index in [0.29, 0.717) is 18.2 Å². The van der Waals surface area contributed by atoms with Crippen molar-refractivity contribution < 1.29 is 22.4 Å². The summed E-state index contributed by atoms with van der Waals surface area (Å²) >= 11 is 0. The first-order valence-electron chi connectivity index (χ1n) is 5.40. The lowest BCUT2D eigenvalue weighted by molar-refractivity contribution is -0.137. The normalized spacial score (nSPS) is 10.9. The Morgan fingerprint density at radius 3 is 2.53 bits per heavy atom. The SMILES string of the molecule is C#CCN(CC)C(=O)c1cc(C(F)(F)F)ccc1F. The number of nitrogens with zero attached hydrogens (tertiary/aromatic N) is 1. The number of benzene rings is 1. The van der Waals surface area contributed by atoms with Crippen molar-refractivity contribution in [1.29, 1.82) is 0 Å². The molecule has 0 unspecified atom stereocenters. The first kappa shape index (κ1) is 15.0. The van der Waals surface area contributed by atoms with Gasteiger partial charge < -0.3 is 4.90 Å². The number of hydrogen-bond donors (Lipinski definition) is 0. The van der Waals surface area contributed by atoms with Gasteiger partial charge in [-0.05, 0) is 25.1 Å². The number of carbonyl (C=O) groups excluding carboxylic acids is 1. The number of alkyl halides is 3. The summed E-state index contributed by atoms with van der Waals surface area (Å²) < 4.78 is 51.0. The van der Waals surface area contributed by atoms with Crippen LogP contribution in [0.25, 0.3) is 0 Å². The molecule has 1 amide bonds. The zero-order valence-electron chi connectivity index (χ0n) is 10.1. The number of carbonyl (C=O) groups is 1. The Labute approximate surface area is 108 Å². The third-order valence-electron chi connectivity index (χ3n) is 2.48. The van der Waals surface area contributed by atoms with Gasteiger partial charge >= 0.3 is 6.18 Å². The van der Waals surface area contributed by atoms with E-state index in [1.54, 1.807) is 6.92 Å². The minimum absolute atomic E-state index is 0.0922. The molecule has 0 saturated carbocycles. The molecule has 0 aliphatic heterocycles. The summed E-state index contributed by atoms with van der Waals surface area (Å²) in [5.41, 5.74) is -1.71. The summed E-state index contributed by atoms with van der Waals surface area (Å²) in [4.78, 5) is 13.0. The highest BCUT2D eigenvalue weighted by atomic mass is 19.4. The lowest BCUT2D eigenvalue weighted by Crippen LogP contribution is -2.32. The predicted octanol–water partition coefficient (Wildman–Crippen LogP) is 2.94. The fourth-order valence-corrected chi connectivity index (χ4v) is 1.47. The number of terminal acetylenes is 1. The topological polar surface area (TPSA) is 20.3 Å². The molecule has 2 nitrogen and oxygen atoms in total. The van der Waals surface area contributed by atoms with Crippen LogP contribution in [0.15, 0.2) is 18.2 Å². The van der Waals surface area contributed by atoms with Crippen LogP contribution >= 0.6 is 0 Å². The molecule has 0 fully saturated rings. The molecule has 0 heterocycles. The molecule has 0 aliphatic carbocycles. The van der Waals surface area contributed by atoms with E-state index in [0.717, 1.165) is 4.90 Å². The molecule has 0 bridgehead atoms. The van der Waals surface area contributed by atoms with Crippen molar-refractivity contribution in [3.8, 4) is 12.3 Å². The summed E-state index contributed by atoms with van der Waals surface area (Å²) in [6.07, 6.45) is 0.407. The number of rotatable bonds is 3. The van der Waals surface area contributed by atoms with Crippen molar-refractivity contribution in [2.45, 2.75) is 13.1 Å². The molecule has 1 aromatic rings. The molecule has 0 radical (unpaired) electrons. The van der Waals surface area contributed by atoms with Crippen molar-refractivity contribution in [3.63, 3.8) is 0 Å². The maximum absolute atomic E-state index is 13.5. The van der Waals surface area contributed by atoms with Gasteiger partial charge in [-0.3, -0.25) is 4.79 Å². The smallest absolute Gasteiger partial charge is 0.328 e. The first-order valence-corrected chi connectivity index (χ1v) is 5.40. The Bertz CT molecular complexity index is 516. The molecule has 0 spiro atoms. The van der Waals surface area contributed by atoms with E-state index in [2.05, 4.69) is 5.92 Å². The van der Waals surface area contributed by atoms with Crippen molar-refractivity contribution >= 4 is 5.91 Å². The van der Waals surface area contributed by atoms with Gasteiger partial charge in [0.05, 0.1) is 17.7 Å². The molecule has 1 aromatic carbocycles. The lowest BCUT2D eigenvalue weighted by atomic mass is 10.1. The molecule has 0 saturated heterocycles. The van der Waals surface area contributed by atoms with E-state index in [4.69, 9.17) is 6.42 Å². The molecule has 102 valence electrons. The molecule has 0 N–H and O–H groups in total. The average molecular weight is 273 g/mol. The third-order valence-corrected chi connectivity index (χ3v) is 2.48. The van der Waals surface area contributed by atoms with Crippen molar-refractivity contribution in [1.82, 2.24) is 4.90 Å². The van der Waals surface area contributed by atoms with Gasteiger partial charge in [-0.2, -0.15) is 13.2 Å². The van der Waals surface area contributed by atoms with Crippen LogP contribution in [0.3, 0.4) is 0 Å². The third kappa shape index (κ3) is 3.47. The summed E-state index contributed by atoms with van der Waals surface area (Å²) in [6.45, 7) is 1.69. The molecule has 19 heavy (non-hydrogen) atoms. The van der Waals surface area contributed by atoms with Gasteiger partial charge in [0.15, 0.2) is 0 Å². The Kier molecular flexibility index (Phi) is 4.54. The zero-order valence-corrected chi connectivity index (χ0v) is 10.1. The maximum Gasteiger partial charge on any atom is 0.416 e. The lowest BCUT2D eigenvalue weighted by Gasteiger charge is -2.19. The Morgan fingerprint density at radius 1 is 1.42 bits per heavy atom. The van der Waals surface area contributed by atoms with Gasteiger partial charge in [-0.25, -0.2) is 4.39 Å². The zero-order chi connectivity index (χ0) is 14.6. The highest BCUT2D eigenvalue weighted by Gasteiger charge is 2.32. The monoisotopic (exact) mass is 273 g/mol. The first-order chi connectivity index (χ1) is 8.81. The standard InChI is InChI=1S/C13H11F4NO/c1-3-7-18(4-2)12(19)10-8-9(13(15,16)17)5-6-11(10)14/h1,5-6,8H,4,7H2,2H3. The Morgan fingerprint density at radius 2 is 2.05 bits per heavy atom. The maximum atomic E-state index is 13.5. The van der Waals surface area contributed by atoms with Crippen molar-refractivity contribution in [2.24, 2.45) is 0 Å². The van der Waals surface area contributed by atoms with Crippen LogP contribution in [0.1, 0.15) is 22.8 Å². The van der Waals surface area contributed by atoms with E-state index in [1.807, 2.05) is 0 Å². The second-order valence-corrected chi connectivity index (χ2v) is 3.72. The van der Waals surface area contributed by atoms with Crippen LogP contribution in [0.5, 0.6) is 0 Å². The van der Waals surface area contributed by atoms with Crippen molar-refractivity contribution in [3.05, 3.63) is 35.1 Å². The Balaban J connectivity index is 3.19. The molecule has 1 rings (SSSR count). The van der Waals surface area contributed by atoms with Gasteiger partial charge in [-0.15, -0.1) is 6.42 Å². The molecular weight excluding hydrogens is 262 g/mol. The average Bonchev–Trinajstić information content (AvgIpc) is 2.34. The van der Waals surface area contributed by atoms with Crippen LogP contribution in [0.2, 0.25) is 0 Å². The van der Waals surface area contributed by atoms with Crippen LogP contribution in [-0.2, 0) is 6.18 Å². The quantitative estimate of drug-likeness (QED) is 0.612. The summed E-state index contributed by atoms with van der Waals surface area (Å²) in [6, 6.07) is 1.71. The minimum Gasteiger partial charge on any atom is -0.328 e. The fourth-order valence-electron chi connectivity index (χ4n) is 1.47. The molecule has 0 aromatic heterocycles. The second-order valence-electron chi connectivity index (χ2n) is 3.72. The number of amides is 1. The van der Waals surface area contributed by atoms with E-state index in [9.17, 15) is 22.4 Å².